The topological polar surface area (TPSA) is 52.6 Å². The van der Waals surface area contributed by atoms with Crippen LogP contribution in [0.15, 0.2) is 18.3 Å². The number of hydrogen-bond donors (Lipinski definition) is 0. The van der Waals surface area contributed by atoms with Gasteiger partial charge in [0.25, 0.3) is 11.2 Å². The molecule has 0 saturated carbocycles. The zero-order valence-electron chi connectivity index (χ0n) is 9.79. The van der Waals surface area contributed by atoms with Crippen LogP contribution in [-0.2, 0) is 0 Å². The third-order valence-electron chi connectivity index (χ3n) is 2.97. The van der Waals surface area contributed by atoms with Gasteiger partial charge in [-0.05, 0) is 11.8 Å². The van der Waals surface area contributed by atoms with Crippen molar-refractivity contribution in [1.29, 1.82) is 0 Å². The fourth-order valence-electron chi connectivity index (χ4n) is 2.26. The lowest BCUT2D eigenvalue weighted by molar-refractivity contribution is 0.0351. The predicted octanol–water partition coefficient (Wildman–Crippen LogP) is 4.61. The molecule has 0 aliphatic carbocycles. The maximum Gasteiger partial charge on any atom is 0.277 e. The number of benzene rings is 1. The maximum absolute atomic E-state index is 5.09. The zero-order valence-corrected chi connectivity index (χ0v) is 9.79. The Balaban J connectivity index is 2.44. The van der Waals surface area contributed by atoms with Crippen LogP contribution in [0, 0.1) is 0 Å². The van der Waals surface area contributed by atoms with Gasteiger partial charge >= 0.3 is 0 Å². The normalized spacial score (nSPS) is 12.9. The van der Waals surface area contributed by atoms with Crippen LogP contribution in [-0.4, -0.2) is 0 Å². The van der Waals surface area contributed by atoms with Crippen molar-refractivity contribution in [3.63, 3.8) is 0 Å². The summed E-state index contributed by atoms with van der Waals surface area (Å²) in [7, 11) is 0. The van der Waals surface area contributed by atoms with E-state index in [4.69, 9.17) is 18.3 Å². The van der Waals surface area contributed by atoms with E-state index in [1.54, 1.807) is 0 Å². The van der Waals surface area contributed by atoms with E-state index in [1.165, 1.54) is 11.1 Å². The average Bonchev–Trinajstić information content (AvgIpc) is 2.12. The summed E-state index contributed by atoms with van der Waals surface area (Å²) >= 11 is 0. The van der Waals surface area contributed by atoms with E-state index < -0.39 is 0 Å². The van der Waals surface area contributed by atoms with Gasteiger partial charge < -0.3 is 0 Å². The molecule has 0 N–H and O–H groups in total. The van der Waals surface area contributed by atoms with Crippen LogP contribution in [0.4, 0.5) is 0 Å². The molecule has 0 aliphatic heterocycles. The molecule has 0 saturated heterocycles. The summed E-state index contributed by atoms with van der Waals surface area (Å²) < 4.78 is 20.1. The highest BCUT2D eigenvalue weighted by atomic mass is 17.0. The summed E-state index contributed by atoms with van der Waals surface area (Å²) in [6.07, 6.45) is 0. The fourth-order valence-corrected chi connectivity index (χ4v) is 2.26. The lowest BCUT2D eigenvalue weighted by Crippen LogP contribution is -2.04. The Morgan fingerprint density at radius 3 is 1.06 bits per heavy atom. The Hall–Kier alpha value is -1.58. The largest absolute Gasteiger partial charge is 0.285 e. The SMILES string of the molecule is CC(C)c1c(C(C)C)c2ooc2c2ooc12. The number of rotatable bonds is 2. The Morgan fingerprint density at radius 2 is 0.875 bits per heavy atom. The Labute approximate surface area is 92.0 Å². The predicted molar refractivity (Wildman–Crippen MR) is 58.7 cm³/mol. The second-order valence-electron chi connectivity index (χ2n) is 4.79. The average molecular weight is 222 g/mol. The van der Waals surface area contributed by atoms with E-state index in [0.29, 0.717) is 23.0 Å². The third-order valence-corrected chi connectivity index (χ3v) is 2.97. The second kappa shape index (κ2) is 2.97. The van der Waals surface area contributed by atoms with Gasteiger partial charge in [0.2, 0.25) is 11.2 Å². The molecule has 0 unspecified atom stereocenters. The summed E-state index contributed by atoms with van der Waals surface area (Å²) in [5.74, 6) is 0.731. The molecule has 4 heteroatoms. The molecule has 4 nitrogen and oxygen atoms in total. The molecule has 2 heterocycles. The molecule has 86 valence electrons. The minimum atomic E-state index is 0.365. The fraction of sp³-hybridized carbons (Fsp3) is 0.500. The molecule has 0 bridgehead atoms. The van der Waals surface area contributed by atoms with Crippen LogP contribution in [0.1, 0.15) is 50.7 Å². The van der Waals surface area contributed by atoms with Gasteiger partial charge in [0, 0.05) is 11.1 Å². The summed E-state index contributed by atoms with van der Waals surface area (Å²) in [6.45, 7) is 8.54. The number of hydrogen-bond acceptors (Lipinski definition) is 4. The maximum atomic E-state index is 5.09. The van der Waals surface area contributed by atoms with Gasteiger partial charge in [-0.1, -0.05) is 27.7 Å². The van der Waals surface area contributed by atoms with Crippen molar-refractivity contribution in [3.8, 4) is 0 Å². The second-order valence-corrected chi connectivity index (χ2v) is 4.79. The van der Waals surface area contributed by atoms with Gasteiger partial charge in [-0.3, -0.25) is 18.3 Å². The molecule has 0 fully saturated rings. The molecule has 0 spiro atoms. The first-order chi connectivity index (χ1) is 7.61. The van der Waals surface area contributed by atoms with Gasteiger partial charge in [0.15, 0.2) is 0 Å². The molecular weight excluding hydrogens is 208 g/mol. The van der Waals surface area contributed by atoms with Crippen molar-refractivity contribution in [1.82, 2.24) is 0 Å². The van der Waals surface area contributed by atoms with Crippen molar-refractivity contribution in [2.75, 3.05) is 0 Å². The smallest absolute Gasteiger partial charge is 0.277 e. The quantitative estimate of drug-likeness (QED) is 0.594. The van der Waals surface area contributed by atoms with Crippen molar-refractivity contribution in [2.45, 2.75) is 39.5 Å². The molecular formula is C12H14O4. The summed E-state index contributed by atoms with van der Waals surface area (Å²) in [5, 5.41) is 0. The van der Waals surface area contributed by atoms with Gasteiger partial charge in [-0.15, -0.1) is 0 Å². The monoisotopic (exact) mass is 222 g/mol. The molecule has 3 aromatic rings. The van der Waals surface area contributed by atoms with Crippen molar-refractivity contribution < 1.29 is 18.3 Å². The van der Waals surface area contributed by atoms with Crippen LogP contribution < -0.4 is 0 Å². The lowest BCUT2D eigenvalue weighted by Gasteiger charge is -2.19. The van der Waals surface area contributed by atoms with Crippen LogP contribution >= 0.6 is 0 Å². The van der Waals surface area contributed by atoms with Gasteiger partial charge in [-0.25, -0.2) is 0 Å². The lowest BCUT2D eigenvalue weighted by atomic mass is 9.89. The molecule has 0 atom stereocenters. The highest BCUT2D eigenvalue weighted by Gasteiger charge is 2.30. The van der Waals surface area contributed by atoms with E-state index in [0.717, 1.165) is 11.2 Å². The Kier molecular flexibility index (Phi) is 1.79. The highest BCUT2D eigenvalue weighted by Crippen LogP contribution is 2.43. The van der Waals surface area contributed by atoms with Crippen molar-refractivity contribution in [3.05, 3.63) is 11.1 Å². The Bertz CT molecular complexity index is 573. The molecule has 0 amide bonds. The van der Waals surface area contributed by atoms with Gasteiger partial charge in [0.1, 0.15) is 0 Å². The summed E-state index contributed by atoms with van der Waals surface area (Å²) in [4.78, 5) is 0. The van der Waals surface area contributed by atoms with Crippen molar-refractivity contribution in [2.24, 2.45) is 0 Å². The first kappa shape index (κ1) is 9.63. The van der Waals surface area contributed by atoms with Crippen molar-refractivity contribution >= 4 is 22.3 Å². The van der Waals surface area contributed by atoms with Crippen LogP contribution in [0.5, 0.6) is 0 Å². The molecule has 2 aromatic heterocycles. The van der Waals surface area contributed by atoms with E-state index >= 15 is 0 Å². The van der Waals surface area contributed by atoms with Crippen LogP contribution in [0.25, 0.3) is 22.3 Å². The van der Waals surface area contributed by atoms with Crippen LogP contribution in [0.2, 0.25) is 0 Å². The zero-order chi connectivity index (χ0) is 11.4. The Morgan fingerprint density at radius 1 is 0.562 bits per heavy atom. The highest BCUT2D eigenvalue weighted by molar-refractivity contribution is 6.01. The van der Waals surface area contributed by atoms with Gasteiger partial charge in [0.05, 0.1) is 0 Å². The summed E-state index contributed by atoms with van der Waals surface area (Å²) in [5.41, 5.74) is 5.29. The standard InChI is InChI=1S/C12H14O4/c1-5(2)7-8(6(3)4)10-12(16-14-10)11-9(7)13-15-11/h5-6H,1-4H3. The first-order valence-corrected chi connectivity index (χ1v) is 5.54. The first-order valence-electron chi connectivity index (χ1n) is 5.54. The number of fused-ring (bicyclic) bond motifs is 3. The minimum Gasteiger partial charge on any atom is -0.285 e. The molecule has 16 heavy (non-hydrogen) atoms. The third kappa shape index (κ3) is 0.991. The van der Waals surface area contributed by atoms with Crippen LogP contribution in [0.3, 0.4) is 0 Å². The molecule has 0 aliphatic rings. The minimum absolute atomic E-state index is 0.365. The molecule has 3 rings (SSSR count). The van der Waals surface area contributed by atoms with Gasteiger partial charge in [-0.2, -0.15) is 0 Å². The molecule has 1 aromatic carbocycles. The molecule has 0 radical (unpaired) electrons. The van der Waals surface area contributed by atoms with E-state index in [-0.39, 0.29) is 0 Å². The van der Waals surface area contributed by atoms with E-state index in [1.807, 2.05) is 0 Å². The van der Waals surface area contributed by atoms with E-state index in [2.05, 4.69) is 27.7 Å². The van der Waals surface area contributed by atoms with E-state index in [9.17, 15) is 0 Å². The summed E-state index contributed by atoms with van der Waals surface area (Å²) in [6, 6.07) is 0.